The highest BCUT2D eigenvalue weighted by Crippen LogP contribution is 2.30. The Balaban J connectivity index is 1.46. The van der Waals surface area contributed by atoms with E-state index in [1.54, 1.807) is 37.1 Å². The van der Waals surface area contributed by atoms with Gasteiger partial charge in [-0.25, -0.2) is 22.8 Å². The van der Waals surface area contributed by atoms with E-state index in [0.29, 0.717) is 49.8 Å². The van der Waals surface area contributed by atoms with Crippen molar-refractivity contribution < 1.29 is 27.5 Å². The van der Waals surface area contributed by atoms with Crippen LogP contribution in [0.15, 0.2) is 94.8 Å². The molecule has 1 aliphatic rings. The standard InChI is InChI=1S/C44H50ClN7O6S/c1-6-8-22-50(23-9-7-2)43(55)40-39(45)30(3)52(47-40)38-21-19-33(41(53)48-59(56,57)36-20-18-31-14-10-11-15-32(31)26-36)27-37(38)42(54)51-29-35-17-13-12-16-34(35)28-46-44(51)49(4)24-25-58-5/h10-21,26-27H,6-9,22-25,28-29H2,1-5H3,(H,48,53). The molecule has 0 fully saturated rings. The van der Waals surface area contributed by atoms with E-state index in [0.717, 1.165) is 42.2 Å². The lowest BCUT2D eigenvalue weighted by atomic mass is 10.0. The first-order valence-corrected chi connectivity index (χ1v) is 21.6. The minimum atomic E-state index is -4.33. The molecule has 3 amide bonds. The summed E-state index contributed by atoms with van der Waals surface area (Å²) < 4.78 is 36.2. The Hall–Kier alpha value is -5.57. The van der Waals surface area contributed by atoms with Gasteiger partial charge >= 0.3 is 0 Å². The van der Waals surface area contributed by atoms with E-state index in [2.05, 4.69) is 18.6 Å². The number of hydrogen-bond donors (Lipinski definition) is 1. The molecule has 4 aromatic carbocycles. The number of aromatic nitrogens is 2. The number of aliphatic imine (C=N–C) groups is 1. The molecule has 0 unspecified atom stereocenters. The number of unbranched alkanes of at least 4 members (excludes halogenated alkanes) is 2. The molecule has 0 bridgehead atoms. The number of methoxy groups -OCH3 is 1. The second-order valence-electron chi connectivity index (χ2n) is 14.5. The van der Waals surface area contributed by atoms with E-state index < -0.39 is 21.8 Å². The Kier molecular flexibility index (Phi) is 13.9. The second kappa shape index (κ2) is 19.0. The van der Waals surface area contributed by atoms with Gasteiger partial charge < -0.3 is 14.5 Å². The predicted molar refractivity (Wildman–Crippen MR) is 230 cm³/mol. The molecule has 5 aromatic rings. The van der Waals surface area contributed by atoms with Gasteiger partial charge in [-0.15, -0.1) is 0 Å². The molecule has 0 atom stereocenters. The van der Waals surface area contributed by atoms with Crippen LogP contribution >= 0.6 is 11.6 Å². The number of hydrogen-bond acceptors (Lipinski definition) is 9. The van der Waals surface area contributed by atoms with Crippen molar-refractivity contribution in [3.63, 3.8) is 0 Å². The van der Waals surface area contributed by atoms with Crippen LogP contribution < -0.4 is 4.72 Å². The topological polar surface area (TPSA) is 147 Å². The zero-order valence-electron chi connectivity index (χ0n) is 34.1. The number of nitrogens with one attached hydrogen (secondary N) is 1. The fraction of sp³-hybridized carbons (Fsp3) is 0.341. The molecule has 15 heteroatoms. The molecule has 1 N–H and O–H groups in total. The molecule has 1 aromatic heterocycles. The minimum absolute atomic E-state index is 0.00284. The van der Waals surface area contributed by atoms with Crippen LogP contribution in [0.1, 0.15) is 87.6 Å². The first-order chi connectivity index (χ1) is 28.4. The van der Waals surface area contributed by atoms with E-state index in [1.807, 2.05) is 48.3 Å². The van der Waals surface area contributed by atoms with Gasteiger partial charge in [-0.3, -0.25) is 19.3 Å². The lowest BCUT2D eigenvalue weighted by molar-refractivity contribution is 0.0744. The molecule has 310 valence electrons. The number of ether oxygens (including phenoxy) is 1. The molecule has 2 heterocycles. The summed E-state index contributed by atoms with van der Waals surface area (Å²) >= 11 is 6.90. The number of fused-ring (bicyclic) bond motifs is 2. The number of amides is 3. The Labute approximate surface area is 350 Å². The maximum Gasteiger partial charge on any atom is 0.275 e. The van der Waals surface area contributed by atoms with Crippen LogP contribution in [0, 0.1) is 6.92 Å². The Bertz CT molecular complexity index is 2490. The lowest BCUT2D eigenvalue weighted by Gasteiger charge is -2.30. The molecule has 6 rings (SSSR count). The summed E-state index contributed by atoms with van der Waals surface area (Å²) in [6.45, 7) is 8.16. The third-order valence-electron chi connectivity index (χ3n) is 10.4. The summed E-state index contributed by atoms with van der Waals surface area (Å²) in [7, 11) is -0.927. The van der Waals surface area contributed by atoms with Crippen LogP contribution in [-0.4, -0.2) is 97.0 Å². The van der Waals surface area contributed by atoms with Crippen LogP contribution in [0.25, 0.3) is 16.5 Å². The minimum Gasteiger partial charge on any atom is -0.383 e. The number of nitrogens with zero attached hydrogens (tertiary/aromatic N) is 6. The van der Waals surface area contributed by atoms with Crippen molar-refractivity contribution in [1.82, 2.24) is 29.2 Å². The zero-order chi connectivity index (χ0) is 42.3. The summed E-state index contributed by atoms with van der Waals surface area (Å²) in [6, 6.07) is 23.9. The fourth-order valence-corrected chi connectivity index (χ4v) is 8.14. The molecule has 59 heavy (non-hydrogen) atoms. The first-order valence-electron chi connectivity index (χ1n) is 19.8. The number of rotatable bonds is 15. The normalized spacial score (nSPS) is 12.8. The summed E-state index contributed by atoms with van der Waals surface area (Å²) in [5.41, 5.74) is 2.40. The molecule has 0 aliphatic carbocycles. The number of halogens is 1. The largest absolute Gasteiger partial charge is 0.383 e. The molecular formula is C44H50ClN7O6S. The van der Waals surface area contributed by atoms with E-state index in [-0.39, 0.29) is 44.9 Å². The average Bonchev–Trinajstić information content (AvgIpc) is 3.40. The molecule has 0 radical (unpaired) electrons. The van der Waals surface area contributed by atoms with Crippen LogP contribution in [0.4, 0.5) is 0 Å². The highest BCUT2D eigenvalue weighted by molar-refractivity contribution is 7.90. The second-order valence-corrected chi connectivity index (χ2v) is 16.6. The van der Waals surface area contributed by atoms with E-state index in [9.17, 15) is 18.0 Å². The van der Waals surface area contributed by atoms with Gasteiger partial charge in [0, 0.05) is 39.4 Å². The molecule has 0 saturated carbocycles. The third kappa shape index (κ3) is 9.51. The van der Waals surface area contributed by atoms with Crippen LogP contribution in [0.3, 0.4) is 0 Å². The predicted octanol–water partition coefficient (Wildman–Crippen LogP) is 7.24. The van der Waals surface area contributed by atoms with Gasteiger partial charge in [-0.1, -0.05) is 92.9 Å². The van der Waals surface area contributed by atoms with Crippen molar-refractivity contribution in [1.29, 1.82) is 0 Å². The summed E-state index contributed by atoms with van der Waals surface area (Å²) in [4.78, 5) is 53.0. The fourth-order valence-electron chi connectivity index (χ4n) is 6.94. The van der Waals surface area contributed by atoms with E-state index in [1.165, 1.54) is 39.9 Å². The zero-order valence-corrected chi connectivity index (χ0v) is 35.6. The first kappa shape index (κ1) is 43.0. The Morgan fingerprint density at radius 3 is 2.25 bits per heavy atom. The quantitative estimate of drug-likeness (QED) is 0.116. The number of benzene rings is 4. The number of guanidine groups is 1. The van der Waals surface area contributed by atoms with E-state index >= 15 is 4.79 Å². The van der Waals surface area contributed by atoms with Gasteiger partial charge in [0.25, 0.3) is 27.7 Å². The summed E-state index contributed by atoms with van der Waals surface area (Å²) in [5, 5.41) is 6.40. The number of sulfonamides is 1. The van der Waals surface area contributed by atoms with E-state index in [4.69, 9.17) is 26.4 Å². The summed E-state index contributed by atoms with van der Waals surface area (Å²) in [6.07, 6.45) is 3.43. The van der Waals surface area contributed by atoms with Crippen LogP contribution in [0.5, 0.6) is 0 Å². The van der Waals surface area contributed by atoms with Gasteiger partial charge in [-0.2, -0.15) is 5.10 Å². The van der Waals surface area contributed by atoms with Crippen molar-refractivity contribution in [3.05, 3.63) is 124 Å². The van der Waals surface area contributed by atoms with Crippen molar-refractivity contribution in [2.75, 3.05) is 40.4 Å². The Morgan fingerprint density at radius 2 is 1.56 bits per heavy atom. The monoisotopic (exact) mass is 839 g/mol. The molecular weight excluding hydrogens is 790 g/mol. The highest BCUT2D eigenvalue weighted by Gasteiger charge is 2.32. The van der Waals surface area contributed by atoms with Crippen molar-refractivity contribution in [3.8, 4) is 5.69 Å². The number of likely N-dealkylation sites (N-methyl/N-ethyl adjacent to an activating group) is 1. The molecule has 0 saturated heterocycles. The van der Waals surface area contributed by atoms with Gasteiger partial charge in [-0.05, 0) is 72.0 Å². The third-order valence-corrected chi connectivity index (χ3v) is 12.1. The smallest absolute Gasteiger partial charge is 0.275 e. The Morgan fingerprint density at radius 1 is 0.881 bits per heavy atom. The SMILES string of the molecule is CCCCN(CCCC)C(=O)c1nn(-c2ccc(C(=O)NS(=O)(=O)c3ccc4ccccc4c3)cc2C(=O)N2Cc3ccccc3CN=C2N(C)CCOC)c(C)c1Cl. The number of carbonyl (C=O) groups excluding carboxylic acids is 3. The number of carbonyl (C=O) groups is 3. The van der Waals surface area contributed by atoms with Gasteiger partial charge in [0.1, 0.15) is 0 Å². The molecule has 0 spiro atoms. The van der Waals surface area contributed by atoms with Crippen molar-refractivity contribution in [2.24, 2.45) is 4.99 Å². The van der Waals surface area contributed by atoms with Gasteiger partial charge in [0.15, 0.2) is 5.69 Å². The van der Waals surface area contributed by atoms with Gasteiger partial charge in [0.05, 0.1) is 46.6 Å². The maximum absolute atomic E-state index is 15.2. The summed E-state index contributed by atoms with van der Waals surface area (Å²) in [5.74, 6) is -1.44. The van der Waals surface area contributed by atoms with Crippen molar-refractivity contribution >= 4 is 56.1 Å². The highest BCUT2D eigenvalue weighted by atomic mass is 35.5. The molecule has 1 aliphatic heterocycles. The van der Waals surface area contributed by atoms with Gasteiger partial charge in [0.2, 0.25) is 5.96 Å². The van der Waals surface area contributed by atoms with Crippen LogP contribution in [-0.2, 0) is 27.8 Å². The maximum atomic E-state index is 15.2. The molecule has 13 nitrogen and oxygen atoms in total. The van der Waals surface area contributed by atoms with Crippen LogP contribution in [0.2, 0.25) is 5.02 Å². The average molecular weight is 840 g/mol. The van der Waals surface area contributed by atoms with Crippen molar-refractivity contribution in [2.45, 2.75) is 64.4 Å². The lowest BCUT2D eigenvalue weighted by Crippen LogP contribution is -2.46.